The van der Waals surface area contributed by atoms with Crippen LogP contribution in [-0.4, -0.2) is 39.4 Å². The number of carbonyl (C=O) groups excluding carboxylic acids is 1. The smallest absolute Gasteiger partial charge is 0.138 e. The van der Waals surface area contributed by atoms with Crippen LogP contribution in [0.15, 0.2) is 35.5 Å². The number of Topliss-reactive ketones (excluding diaryl/α,β-unsaturated/α-hetero) is 1. The van der Waals surface area contributed by atoms with Crippen LogP contribution in [0.3, 0.4) is 0 Å². The van der Waals surface area contributed by atoms with Gasteiger partial charge >= 0.3 is 0 Å². The second kappa shape index (κ2) is 10.0. The van der Waals surface area contributed by atoms with Gasteiger partial charge in [-0.1, -0.05) is 45.1 Å². The quantitative estimate of drug-likeness (QED) is 0.427. The van der Waals surface area contributed by atoms with Gasteiger partial charge in [0, 0.05) is 18.3 Å². The number of aliphatic hydroxyl groups excluding tert-OH is 3. The molecular weight excluding hydrogens is 424 g/mol. The van der Waals surface area contributed by atoms with Crippen molar-refractivity contribution in [3.05, 3.63) is 35.5 Å². The van der Waals surface area contributed by atoms with Crippen LogP contribution in [-0.2, 0) is 4.79 Å². The third-order valence-corrected chi connectivity index (χ3v) is 10.2. The molecule has 0 heterocycles. The molecule has 0 saturated heterocycles. The minimum Gasteiger partial charge on any atom is -0.393 e. The molecule has 4 nitrogen and oxygen atoms in total. The second-order valence-electron chi connectivity index (χ2n) is 12.2. The Morgan fingerprint density at radius 3 is 2.62 bits per heavy atom. The van der Waals surface area contributed by atoms with Crippen LogP contribution < -0.4 is 0 Å². The van der Waals surface area contributed by atoms with E-state index in [1.54, 1.807) is 0 Å². The first-order chi connectivity index (χ1) is 16.1. The molecular formula is C30H46O4. The zero-order valence-electron chi connectivity index (χ0n) is 21.6. The minimum absolute atomic E-state index is 0.115. The Morgan fingerprint density at radius 2 is 1.94 bits per heavy atom. The van der Waals surface area contributed by atoms with Gasteiger partial charge in [0.1, 0.15) is 5.78 Å². The summed E-state index contributed by atoms with van der Waals surface area (Å²) in [4.78, 5) is 12.3. The maximum Gasteiger partial charge on any atom is 0.138 e. The Bertz CT molecular complexity index is 850. The summed E-state index contributed by atoms with van der Waals surface area (Å²) in [5.41, 5.74) is 3.29. The van der Waals surface area contributed by atoms with Crippen LogP contribution in [0.2, 0.25) is 0 Å². The van der Waals surface area contributed by atoms with Crippen molar-refractivity contribution in [2.45, 2.75) is 116 Å². The SMILES string of the molecule is C=C1C(=CC=C2CCC[C@]3(C)[C@@H]([C@H](C)[C@H](O)CCC4(C(=O)CC)CC4)CC[C@@H]23)C[C@@H](O)C[C@@H]1O. The molecule has 4 saturated carbocycles. The monoisotopic (exact) mass is 470 g/mol. The minimum atomic E-state index is -0.648. The maximum absolute atomic E-state index is 12.3. The molecule has 0 aromatic heterocycles. The molecule has 0 bridgehead atoms. The van der Waals surface area contributed by atoms with E-state index in [4.69, 9.17) is 0 Å². The van der Waals surface area contributed by atoms with Crippen molar-refractivity contribution in [2.75, 3.05) is 0 Å². The van der Waals surface area contributed by atoms with Crippen molar-refractivity contribution in [1.29, 1.82) is 0 Å². The maximum atomic E-state index is 12.3. The fraction of sp³-hybridized carbons (Fsp3) is 0.767. The van der Waals surface area contributed by atoms with Crippen molar-refractivity contribution in [3.8, 4) is 0 Å². The summed E-state index contributed by atoms with van der Waals surface area (Å²) < 4.78 is 0. The molecule has 0 amide bonds. The molecule has 0 aromatic rings. The molecule has 4 rings (SSSR count). The number of carbonyl (C=O) groups is 1. The van der Waals surface area contributed by atoms with E-state index < -0.39 is 12.2 Å². The van der Waals surface area contributed by atoms with E-state index in [1.807, 2.05) is 6.92 Å². The highest BCUT2D eigenvalue weighted by Gasteiger charge is 2.52. The predicted octanol–water partition coefficient (Wildman–Crippen LogP) is 5.66. The van der Waals surface area contributed by atoms with Crippen LogP contribution >= 0.6 is 0 Å². The summed E-state index contributed by atoms with van der Waals surface area (Å²) in [5, 5.41) is 31.4. The van der Waals surface area contributed by atoms with Gasteiger partial charge in [0.2, 0.25) is 0 Å². The van der Waals surface area contributed by atoms with E-state index >= 15 is 0 Å². The van der Waals surface area contributed by atoms with Gasteiger partial charge < -0.3 is 15.3 Å². The molecule has 0 aromatic carbocycles. The van der Waals surface area contributed by atoms with E-state index in [2.05, 4.69) is 32.6 Å². The van der Waals surface area contributed by atoms with Crippen LogP contribution in [0.5, 0.6) is 0 Å². The molecule has 34 heavy (non-hydrogen) atoms. The van der Waals surface area contributed by atoms with Crippen LogP contribution in [0.4, 0.5) is 0 Å². The molecule has 4 fully saturated rings. The van der Waals surface area contributed by atoms with Gasteiger partial charge in [0.05, 0.1) is 18.3 Å². The number of hydrogen-bond acceptors (Lipinski definition) is 4. The number of fused-ring (bicyclic) bond motifs is 1. The van der Waals surface area contributed by atoms with Crippen molar-refractivity contribution in [1.82, 2.24) is 0 Å². The summed E-state index contributed by atoms with van der Waals surface area (Å²) in [7, 11) is 0. The molecule has 0 radical (unpaired) electrons. The van der Waals surface area contributed by atoms with Gasteiger partial charge in [-0.3, -0.25) is 4.79 Å². The van der Waals surface area contributed by atoms with Gasteiger partial charge in [0.25, 0.3) is 0 Å². The van der Waals surface area contributed by atoms with Crippen LogP contribution in [0.25, 0.3) is 0 Å². The zero-order valence-corrected chi connectivity index (χ0v) is 21.6. The average molecular weight is 471 g/mol. The number of rotatable bonds is 8. The first kappa shape index (κ1) is 25.9. The number of ketones is 1. The Morgan fingerprint density at radius 1 is 1.21 bits per heavy atom. The van der Waals surface area contributed by atoms with Gasteiger partial charge in [-0.05, 0) is 98.5 Å². The first-order valence-electron chi connectivity index (χ1n) is 13.8. The topological polar surface area (TPSA) is 77.8 Å². The highest BCUT2D eigenvalue weighted by Crippen LogP contribution is 2.60. The number of aliphatic hydroxyl groups is 3. The standard InChI is InChI=1S/C30H46O4/c1-5-28(34)30(15-16-30)14-12-26(32)20(3)24-10-11-25-21(7-6-13-29(24,25)4)8-9-22-17-23(31)18-27(33)19(22)2/h8-9,20,23-27,31-33H,2,5-7,10-18H2,1,3-4H3/t20-,23+,24+,25-,26+,27-,29+/m0/s1. The van der Waals surface area contributed by atoms with E-state index in [9.17, 15) is 20.1 Å². The summed E-state index contributed by atoms with van der Waals surface area (Å²) in [6, 6.07) is 0. The van der Waals surface area contributed by atoms with Gasteiger partial charge in [-0.2, -0.15) is 0 Å². The molecule has 190 valence electrons. The zero-order chi connectivity index (χ0) is 24.7. The normalized spacial score (nSPS) is 39.2. The summed E-state index contributed by atoms with van der Waals surface area (Å²) in [6.07, 6.45) is 13.8. The van der Waals surface area contributed by atoms with Crippen molar-refractivity contribution in [2.24, 2.45) is 28.6 Å². The molecule has 0 spiro atoms. The highest BCUT2D eigenvalue weighted by atomic mass is 16.3. The second-order valence-corrected chi connectivity index (χ2v) is 12.2. The van der Waals surface area contributed by atoms with E-state index in [-0.39, 0.29) is 22.9 Å². The highest BCUT2D eigenvalue weighted by molar-refractivity contribution is 5.87. The Hall–Kier alpha value is -1.23. The lowest BCUT2D eigenvalue weighted by Crippen LogP contribution is -2.39. The van der Waals surface area contributed by atoms with E-state index in [0.717, 1.165) is 56.1 Å². The first-order valence-corrected chi connectivity index (χ1v) is 13.8. The van der Waals surface area contributed by atoms with Crippen LogP contribution in [0.1, 0.15) is 97.8 Å². The number of allylic oxidation sites excluding steroid dienone is 3. The lowest BCUT2D eigenvalue weighted by molar-refractivity contribution is -0.124. The molecule has 0 aliphatic heterocycles. The average Bonchev–Trinajstić information content (AvgIpc) is 3.52. The summed E-state index contributed by atoms with van der Waals surface area (Å²) in [6.45, 7) is 10.7. The van der Waals surface area contributed by atoms with Crippen molar-refractivity contribution >= 4 is 5.78 Å². The molecule has 4 aliphatic rings. The van der Waals surface area contributed by atoms with Gasteiger partial charge in [0.15, 0.2) is 0 Å². The fourth-order valence-corrected chi connectivity index (χ4v) is 7.76. The summed E-state index contributed by atoms with van der Waals surface area (Å²) >= 11 is 0. The van der Waals surface area contributed by atoms with Gasteiger partial charge in [-0.25, -0.2) is 0 Å². The Kier molecular flexibility index (Phi) is 7.62. The molecule has 4 heteroatoms. The lowest BCUT2D eigenvalue weighted by atomic mass is 9.60. The molecule has 4 aliphatic carbocycles. The van der Waals surface area contributed by atoms with Crippen LogP contribution in [0, 0.1) is 28.6 Å². The lowest BCUT2D eigenvalue weighted by Gasteiger charge is -2.45. The predicted molar refractivity (Wildman–Crippen MR) is 136 cm³/mol. The van der Waals surface area contributed by atoms with Gasteiger partial charge in [-0.15, -0.1) is 0 Å². The largest absolute Gasteiger partial charge is 0.393 e. The van der Waals surface area contributed by atoms with Crippen molar-refractivity contribution < 1.29 is 20.1 Å². The Labute approximate surface area is 206 Å². The molecule has 3 N–H and O–H groups in total. The van der Waals surface area contributed by atoms with E-state index in [0.29, 0.717) is 36.9 Å². The summed E-state index contributed by atoms with van der Waals surface area (Å²) in [5.74, 6) is 1.65. The molecule has 7 atom stereocenters. The third-order valence-electron chi connectivity index (χ3n) is 10.2. The molecule has 0 unspecified atom stereocenters. The number of hydrogen-bond donors (Lipinski definition) is 3. The van der Waals surface area contributed by atoms with Crippen molar-refractivity contribution in [3.63, 3.8) is 0 Å². The Balaban J connectivity index is 1.43. The van der Waals surface area contributed by atoms with E-state index in [1.165, 1.54) is 18.4 Å². The third kappa shape index (κ3) is 4.88. The fourth-order valence-electron chi connectivity index (χ4n) is 7.76.